The van der Waals surface area contributed by atoms with E-state index in [1.807, 2.05) is 0 Å². The van der Waals surface area contributed by atoms with Gasteiger partial charge in [-0.1, -0.05) is 13.8 Å². The van der Waals surface area contributed by atoms with Crippen LogP contribution in [0, 0.1) is 11.3 Å². The SMILES string of the molecule is CC(C)C[C@H](NC(=O)[C@H](CCCNC(=N)N)NC(=O)[C@@H](N)CC(=O)O)C(=O)N[C@@H](CC(N)=O)C(=O)O. The molecule has 204 valence electrons. The molecule has 4 amide bonds. The summed E-state index contributed by atoms with van der Waals surface area (Å²) in [5.41, 5.74) is 15.8. The number of carbonyl (C=O) groups excluding carboxylic acids is 4. The first-order valence-corrected chi connectivity index (χ1v) is 11.1. The van der Waals surface area contributed by atoms with Gasteiger partial charge in [-0.25, -0.2) is 4.79 Å². The molecule has 0 saturated carbocycles. The van der Waals surface area contributed by atoms with E-state index in [1.165, 1.54) is 0 Å². The summed E-state index contributed by atoms with van der Waals surface area (Å²) in [4.78, 5) is 71.4. The molecule has 0 aromatic rings. The molecular formula is C20H36N8O8. The standard InChI is InChI=1S/C20H36N8O8/c1-9(2)6-12(18(34)28-13(19(35)36)8-14(22)29)27-17(33)11(4-3-5-25-20(23)24)26-16(32)10(21)7-15(30)31/h9-13H,3-8,21H2,1-2H3,(H2,22,29)(H,26,32)(H,27,33)(H,28,34)(H,30,31)(H,35,36)(H4,23,24,25)/t10-,11-,12-,13-/m0/s1. The fourth-order valence-corrected chi connectivity index (χ4v) is 3.01. The summed E-state index contributed by atoms with van der Waals surface area (Å²) < 4.78 is 0. The van der Waals surface area contributed by atoms with Crippen LogP contribution in [-0.2, 0) is 28.8 Å². The van der Waals surface area contributed by atoms with Crippen LogP contribution in [0.25, 0.3) is 0 Å². The van der Waals surface area contributed by atoms with Crippen LogP contribution in [0.15, 0.2) is 0 Å². The number of rotatable bonds is 17. The Morgan fingerprint density at radius 1 is 0.833 bits per heavy atom. The number of carbonyl (C=O) groups is 6. The quantitative estimate of drug-likeness (QED) is 0.0514. The summed E-state index contributed by atoms with van der Waals surface area (Å²) in [6.45, 7) is 3.68. The van der Waals surface area contributed by atoms with Crippen LogP contribution in [0.2, 0.25) is 0 Å². The van der Waals surface area contributed by atoms with Crippen molar-refractivity contribution in [3.63, 3.8) is 0 Å². The van der Waals surface area contributed by atoms with E-state index < -0.39 is 72.6 Å². The van der Waals surface area contributed by atoms with Crippen LogP contribution in [0.3, 0.4) is 0 Å². The second kappa shape index (κ2) is 15.9. The van der Waals surface area contributed by atoms with Gasteiger partial charge in [0.2, 0.25) is 23.6 Å². The Labute approximate surface area is 207 Å². The summed E-state index contributed by atoms with van der Waals surface area (Å²) in [5.74, 6) is -6.79. The molecule has 0 aromatic carbocycles. The molecule has 0 aliphatic heterocycles. The van der Waals surface area contributed by atoms with Gasteiger partial charge in [0.05, 0.1) is 18.9 Å². The van der Waals surface area contributed by atoms with Crippen molar-refractivity contribution in [2.24, 2.45) is 23.1 Å². The predicted molar refractivity (Wildman–Crippen MR) is 126 cm³/mol. The summed E-state index contributed by atoms with van der Waals surface area (Å²) in [7, 11) is 0. The highest BCUT2D eigenvalue weighted by molar-refractivity contribution is 5.95. The van der Waals surface area contributed by atoms with Gasteiger partial charge in [-0.05, 0) is 25.2 Å². The number of guanidine groups is 1. The molecule has 0 rings (SSSR count). The lowest BCUT2D eigenvalue weighted by atomic mass is 10.0. The number of primary amides is 1. The number of nitrogens with two attached hydrogens (primary N) is 3. The Morgan fingerprint density at radius 2 is 1.36 bits per heavy atom. The van der Waals surface area contributed by atoms with Gasteiger partial charge in [0, 0.05) is 6.54 Å². The Balaban J connectivity index is 5.61. The molecule has 13 N–H and O–H groups in total. The predicted octanol–water partition coefficient (Wildman–Crippen LogP) is -3.49. The zero-order chi connectivity index (χ0) is 28.0. The molecule has 0 radical (unpaired) electrons. The van der Waals surface area contributed by atoms with Crippen molar-refractivity contribution in [3.8, 4) is 0 Å². The minimum absolute atomic E-state index is 0.00703. The molecule has 0 aliphatic rings. The van der Waals surface area contributed by atoms with Crippen LogP contribution in [0.4, 0.5) is 0 Å². The molecule has 0 bridgehead atoms. The number of aliphatic carboxylic acids is 2. The average Bonchev–Trinajstić information content (AvgIpc) is 2.73. The maximum atomic E-state index is 13.0. The molecule has 0 aromatic heterocycles. The Bertz CT molecular complexity index is 835. The van der Waals surface area contributed by atoms with Crippen LogP contribution >= 0.6 is 0 Å². The second-order valence-electron chi connectivity index (χ2n) is 8.51. The lowest BCUT2D eigenvalue weighted by Crippen LogP contribution is -2.57. The normalized spacial score (nSPS) is 14.0. The van der Waals surface area contributed by atoms with E-state index in [9.17, 15) is 33.9 Å². The highest BCUT2D eigenvalue weighted by Crippen LogP contribution is 2.08. The van der Waals surface area contributed by atoms with Gasteiger partial charge in [-0.3, -0.25) is 29.4 Å². The van der Waals surface area contributed by atoms with E-state index in [4.69, 9.17) is 27.7 Å². The summed E-state index contributed by atoms with van der Waals surface area (Å²) in [6.07, 6.45) is -1.00. The van der Waals surface area contributed by atoms with Gasteiger partial charge in [-0.15, -0.1) is 0 Å². The highest BCUT2D eigenvalue weighted by Gasteiger charge is 2.31. The van der Waals surface area contributed by atoms with Crippen LogP contribution in [-0.4, -0.2) is 82.5 Å². The smallest absolute Gasteiger partial charge is 0.326 e. The maximum Gasteiger partial charge on any atom is 0.326 e. The van der Waals surface area contributed by atoms with Crippen LogP contribution in [0.5, 0.6) is 0 Å². The fourth-order valence-electron chi connectivity index (χ4n) is 3.01. The molecule has 16 nitrogen and oxygen atoms in total. The van der Waals surface area contributed by atoms with E-state index in [0.29, 0.717) is 0 Å². The third kappa shape index (κ3) is 13.7. The van der Waals surface area contributed by atoms with Crippen molar-refractivity contribution in [3.05, 3.63) is 0 Å². The highest BCUT2D eigenvalue weighted by atomic mass is 16.4. The largest absolute Gasteiger partial charge is 0.481 e. The Kier molecular flexibility index (Phi) is 14.1. The monoisotopic (exact) mass is 516 g/mol. The van der Waals surface area contributed by atoms with Gasteiger partial charge in [0.1, 0.15) is 18.1 Å². The first-order valence-electron chi connectivity index (χ1n) is 11.1. The molecule has 0 unspecified atom stereocenters. The van der Waals surface area contributed by atoms with Gasteiger partial charge in [0.15, 0.2) is 5.96 Å². The summed E-state index contributed by atoms with van der Waals surface area (Å²) in [6, 6.07) is -5.51. The molecule has 4 atom stereocenters. The zero-order valence-corrected chi connectivity index (χ0v) is 20.2. The van der Waals surface area contributed by atoms with Gasteiger partial charge in [0.25, 0.3) is 0 Å². The van der Waals surface area contributed by atoms with Crippen LogP contribution in [0.1, 0.15) is 46.0 Å². The minimum atomic E-state index is -1.61. The Hall–Kier alpha value is -3.95. The van der Waals surface area contributed by atoms with Gasteiger partial charge < -0.3 is 48.7 Å². The maximum absolute atomic E-state index is 13.0. The first kappa shape index (κ1) is 32.0. The molecule has 0 heterocycles. The van der Waals surface area contributed by atoms with Crippen molar-refractivity contribution in [2.75, 3.05) is 6.54 Å². The van der Waals surface area contributed by atoms with Crippen molar-refractivity contribution >= 4 is 41.5 Å². The molecule has 0 aliphatic carbocycles. The van der Waals surface area contributed by atoms with Gasteiger partial charge >= 0.3 is 11.9 Å². The molecule has 0 saturated heterocycles. The second-order valence-corrected chi connectivity index (χ2v) is 8.51. The average molecular weight is 517 g/mol. The minimum Gasteiger partial charge on any atom is -0.481 e. The number of nitrogens with one attached hydrogen (secondary N) is 5. The Morgan fingerprint density at radius 3 is 1.83 bits per heavy atom. The lowest BCUT2D eigenvalue weighted by molar-refractivity contribution is -0.144. The molecule has 16 heteroatoms. The van der Waals surface area contributed by atoms with Crippen LogP contribution < -0.4 is 38.5 Å². The summed E-state index contributed by atoms with van der Waals surface area (Å²) in [5, 5.41) is 34.8. The van der Waals surface area contributed by atoms with Crippen molar-refractivity contribution in [1.82, 2.24) is 21.3 Å². The van der Waals surface area contributed by atoms with E-state index in [-0.39, 0.29) is 37.7 Å². The lowest BCUT2D eigenvalue weighted by Gasteiger charge is -2.26. The molecular weight excluding hydrogens is 480 g/mol. The number of carboxylic acid groups (broad SMARTS) is 2. The van der Waals surface area contributed by atoms with Gasteiger partial charge in [-0.2, -0.15) is 0 Å². The number of carboxylic acids is 2. The van der Waals surface area contributed by atoms with E-state index in [1.54, 1.807) is 13.8 Å². The van der Waals surface area contributed by atoms with Crippen molar-refractivity contribution in [2.45, 2.75) is 70.1 Å². The third-order valence-corrected chi connectivity index (χ3v) is 4.71. The number of hydrogen-bond donors (Lipinski definition) is 10. The third-order valence-electron chi connectivity index (χ3n) is 4.71. The van der Waals surface area contributed by atoms with E-state index >= 15 is 0 Å². The molecule has 0 fully saturated rings. The first-order chi connectivity index (χ1) is 16.6. The summed E-state index contributed by atoms with van der Waals surface area (Å²) >= 11 is 0. The number of hydrogen-bond acceptors (Lipinski definition) is 8. The van der Waals surface area contributed by atoms with E-state index in [0.717, 1.165) is 0 Å². The topological polar surface area (TPSA) is 293 Å². The number of amides is 4. The van der Waals surface area contributed by atoms with E-state index in [2.05, 4.69) is 21.3 Å². The molecule has 0 spiro atoms. The van der Waals surface area contributed by atoms with Crippen molar-refractivity contribution < 1.29 is 39.0 Å². The fraction of sp³-hybridized carbons (Fsp3) is 0.650. The van der Waals surface area contributed by atoms with Crippen molar-refractivity contribution in [1.29, 1.82) is 5.41 Å². The molecule has 36 heavy (non-hydrogen) atoms. The zero-order valence-electron chi connectivity index (χ0n) is 20.2.